The number of likely N-dealkylation sites (tertiary alicyclic amines) is 1. The molecule has 5 nitrogen and oxygen atoms in total. The molecule has 0 spiro atoms. The molecule has 1 aliphatic heterocycles. The van der Waals surface area contributed by atoms with E-state index in [-0.39, 0.29) is 11.6 Å². The summed E-state index contributed by atoms with van der Waals surface area (Å²) in [6, 6.07) is 16.4. The third-order valence-corrected chi connectivity index (χ3v) is 5.36. The number of carbonyl (C=O) groups is 1. The number of benzene rings is 1. The number of nitrogens with one attached hydrogen (secondary N) is 1. The van der Waals surface area contributed by atoms with Gasteiger partial charge in [-0.15, -0.1) is 0 Å². The number of rotatable bonds is 4. The molecule has 1 N–H and O–H groups in total. The zero-order valence-corrected chi connectivity index (χ0v) is 15.1. The summed E-state index contributed by atoms with van der Waals surface area (Å²) >= 11 is 0. The minimum Gasteiger partial charge on any atom is -0.334 e. The van der Waals surface area contributed by atoms with Crippen molar-refractivity contribution in [3.05, 3.63) is 72.1 Å². The van der Waals surface area contributed by atoms with Gasteiger partial charge in [-0.3, -0.25) is 0 Å². The van der Waals surface area contributed by atoms with Gasteiger partial charge >= 0.3 is 6.03 Å². The molecule has 2 amide bonds. The van der Waals surface area contributed by atoms with Crippen molar-refractivity contribution in [1.82, 2.24) is 19.8 Å². The van der Waals surface area contributed by atoms with Gasteiger partial charge in [0.25, 0.3) is 0 Å². The number of aromatic nitrogens is 2. The molecule has 4 rings (SSSR count). The second kappa shape index (κ2) is 6.83. The second-order valence-corrected chi connectivity index (χ2v) is 7.27. The van der Waals surface area contributed by atoms with Crippen LogP contribution in [0, 0.1) is 0 Å². The van der Waals surface area contributed by atoms with Crippen LogP contribution in [0.25, 0.3) is 5.52 Å². The topological polar surface area (TPSA) is 49.6 Å². The highest BCUT2D eigenvalue weighted by Crippen LogP contribution is 2.32. The molecule has 1 aliphatic rings. The van der Waals surface area contributed by atoms with E-state index < -0.39 is 0 Å². The third-order valence-electron chi connectivity index (χ3n) is 5.36. The zero-order valence-electron chi connectivity index (χ0n) is 15.1. The van der Waals surface area contributed by atoms with Gasteiger partial charge in [-0.25, -0.2) is 9.31 Å². The van der Waals surface area contributed by atoms with Gasteiger partial charge in [0.05, 0.1) is 11.7 Å². The lowest BCUT2D eigenvalue weighted by atomic mass is 9.90. The number of amides is 2. The Morgan fingerprint density at radius 2 is 2.00 bits per heavy atom. The molecule has 1 saturated heterocycles. The molecule has 5 heteroatoms. The normalized spacial score (nSPS) is 19.8. The van der Waals surface area contributed by atoms with E-state index in [1.54, 1.807) is 0 Å². The van der Waals surface area contributed by atoms with Crippen molar-refractivity contribution in [3.8, 4) is 0 Å². The minimum atomic E-state index is -0.132. The van der Waals surface area contributed by atoms with Crippen LogP contribution in [0.1, 0.15) is 30.9 Å². The quantitative estimate of drug-likeness (QED) is 0.782. The lowest BCUT2D eigenvalue weighted by Gasteiger charge is -2.35. The summed E-state index contributed by atoms with van der Waals surface area (Å²) in [5, 5.41) is 7.42. The first-order valence-electron chi connectivity index (χ1n) is 9.16. The van der Waals surface area contributed by atoms with Crippen molar-refractivity contribution < 1.29 is 4.79 Å². The van der Waals surface area contributed by atoms with E-state index in [1.165, 1.54) is 5.56 Å². The number of fused-ring (bicyclic) bond motifs is 1. The Labute approximate surface area is 153 Å². The molecule has 2 aromatic heterocycles. The van der Waals surface area contributed by atoms with Crippen molar-refractivity contribution in [3.63, 3.8) is 0 Å². The minimum absolute atomic E-state index is 0.0104. The van der Waals surface area contributed by atoms with Crippen LogP contribution < -0.4 is 5.32 Å². The van der Waals surface area contributed by atoms with E-state index in [2.05, 4.69) is 41.6 Å². The average Bonchev–Trinajstić information content (AvgIpc) is 3.24. The lowest BCUT2D eigenvalue weighted by molar-refractivity contribution is 0.155. The van der Waals surface area contributed by atoms with Crippen molar-refractivity contribution >= 4 is 11.5 Å². The van der Waals surface area contributed by atoms with Gasteiger partial charge in [0.15, 0.2) is 0 Å². The van der Waals surface area contributed by atoms with Crippen LogP contribution in [0.3, 0.4) is 0 Å². The Bertz CT molecular complexity index is 905. The summed E-state index contributed by atoms with van der Waals surface area (Å²) in [5.41, 5.74) is 3.20. The van der Waals surface area contributed by atoms with Crippen molar-refractivity contribution in [2.75, 3.05) is 6.54 Å². The van der Waals surface area contributed by atoms with Gasteiger partial charge in [-0.1, -0.05) is 36.4 Å². The molecule has 3 heterocycles. The van der Waals surface area contributed by atoms with Crippen molar-refractivity contribution in [2.24, 2.45) is 0 Å². The molecule has 3 aromatic rings. The Balaban J connectivity index is 1.45. The van der Waals surface area contributed by atoms with Gasteiger partial charge in [0.1, 0.15) is 0 Å². The van der Waals surface area contributed by atoms with E-state index in [9.17, 15) is 4.79 Å². The average molecular weight is 348 g/mol. The van der Waals surface area contributed by atoms with E-state index in [1.807, 2.05) is 46.1 Å². The van der Waals surface area contributed by atoms with Crippen LogP contribution in [0.15, 0.2) is 60.9 Å². The van der Waals surface area contributed by atoms with Gasteiger partial charge in [-0.05, 0) is 43.9 Å². The summed E-state index contributed by atoms with van der Waals surface area (Å²) < 4.78 is 1.83. The maximum absolute atomic E-state index is 12.9. The number of hydrogen-bond donors (Lipinski definition) is 1. The zero-order chi connectivity index (χ0) is 18.0. The first-order valence-corrected chi connectivity index (χ1v) is 9.16. The highest BCUT2D eigenvalue weighted by Gasteiger charge is 2.39. The van der Waals surface area contributed by atoms with Gasteiger partial charge in [0, 0.05) is 30.4 Å². The maximum atomic E-state index is 12.9. The summed E-state index contributed by atoms with van der Waals surface area (Å²) in [4.78, 5) is 14.9. The molecule has 1 fully saturated rings. The van der Waals surface area contributed by atoms with E-state index in [4.69, 9.17) is 0 Å². The van der Waals surface area contributed by atoms with Crippen molar-refractivity contribution in [2.45, 2.75) is 38.3 Å². The Hall–Kier alpha value is -2.82. The molecule has 26 heavy (non-hydrogen) atoms. The van der Waals surface area contributed by atoms with Crippen LogP contribution in [0.5, 0.6) is 0 Å². The lowest BCUT2D eigenvalue weighted by Crippen LogP contribution is -2.50. The van der Waals surface area contributed by atoms with Crippen LogP contribution in [0.2, 0.25) is 0 Å². The fourth-order valence-corrected chi connectivity index (χ4v) is 3.98. The molecule has 0 aliphatic carbocycles. The van der Waals surface area contributed by atoms with E-state index >= 15 is 0 Å². The maximum Gasteiger partial charge on any atom is 0.318 e. The summed E-state index contributed by atoms with van der Waals surface area (Å²) in [6.07, 6.45) is 6.71. The molecule has 0 radical (unpaired) electrons. The van der Waals surface area contributed by atoms with Crippen molar-refractivity contribution in [1.29, 1.82) is 0 Å². The summed E-state index contributed by atoms with van der Waals surface area (Å²) in [6.45, 7) is 3.50. The van der Waals surface area contributed by atoms with Crippen LogP contribution in [0.4, 0.5) is 4.79 Å². The fourth-order valence-electron chi connectivity index (χ4n) is 3.98. The number of carbonyl (C=O) groups excluding carboxylic acids is 1. The molecule has 1 atom stereocenters. The smallest absolute Gasteiger partial charge is 0.318 e. The predicted octanol–water partition coefficient (Wildman–Crippen LogP) is 3.64. The second-order valence-electron chi connectivity index (χ2n) is 7.27. The van der Waals surface area contributed by atoms with Crippen LogP contribution in [-0.2, 0) is 13.0 Å². The van der Waals surface area contributed by atoms with E-state index in [0.717, 1.165) is 36.9 Å². The van der Waals surface area contributed by atoms with Gasteiger partial charge in [0.2, 0.25) is 0 Å². The Kier molecular flexibility index (Phi) is 4.37. The van der Waals surface area contributed by atoms with Crippen LogP contribution >= 0.6 is 0 Å². The first kappa shape index (κ1) is 16.6. The molecule has 1 unspecified atom stereocenters. The number of pyridine rings is 1. The highest BCUT2D eigenvalue weighted by molar-refractivity contribution is 5.76. The monoisotopic (exact) mass is 348 g/mol. The Morgan fingerprint density at radius 3 is 2.85 bits per heavy atom. The molecule has 0 bridgehead atoms. The van der Waals surface area contributed by atoms with E-state index in [0.29, 0.717) is 6.54 Å². The number of urea groups is 1. The largest absolute Gasteiger partial charge is 0.334 e. The molecular formula is C21H24N4O. The van der Waals surface area contributed by atoms with Gasteiger partial charge in [-0.2, -0.15) is 5.10 Å². The summed E-state index contributed by atoms with van der Waals surface area (Å²) in [7, 11) is 0. The molecular weight excluding hydrogens is 324 g/mol. The molecule has 134 valence electrons. The molecule has 1 aromatic carbocycles. The highest BCUT2D eigenvalue weighted by atomic mass is 16.2. The standard InChI is InChI=1S/C21H24N4O/c1-21(14-17-8-3-2-4-9-17)11-7-12-24(21)20(26)22-15-18-16-23-25-13-6-5-10-19(18)25/h2-6,8-10,13,16H,7,11-12,14-15H2,1H3,(H,22,26). The molecule has 0 saturated carbocycles. The Morgan fingerprint density at radius 1 is 1.19 bits per heavy atom. The summed E-state index contributed by atoms with van der Waals surface area (Å²) in [5.74, 6) is 0. The first-order chi connectivity index (χ1) is 12.7. The SMILES string of the molecule is CC1(Cc2ccccc2)CCCN1C(=O)NCc1cnn2ccccc12. The number of nitrogens with zero attached hydrogens (tertiary/aromatic N) is 3. The fraction of sp³-hybridized carbons (Fsp3) is 0.333. The third kappa shape index (κ3) is 3.17. The number of hydrogen-bond acceptors (Lipinski definition) is 2. The predicted molar refractivity (Wildman–Crippen MR) is 102 cm³/mol. The van der Waals surface area contributed by atoms with Crippen LogP contribution in [-0.4, -0.2) is 32.6 Å². The van der Waals surface area contributed by atoms with Gasteiger partial charge < -0.3 is 10.2 Å².